The monoisotopic (exact) mass is 529 g/mol. The molecule has 1 saturated heterocycles. The van der Waals surface area contributed by atoms with Crippen molar-refractivity contribution in [3.63, 3.8) is 0 Å². The second-order valence-electron chi connectivity index (χ2n) is 9.14. The molecule has 0 saturated carbocycles. The van der Waals surface area contributed by atoms with E-state index in [0.29, 0.717) is 56.5 Å². The topological polar surface area (TPSA) is 89.9 Å². The van der Waals surface area contributed by atoms with Crippen LogP contribution in [0.3, 0.4) is 0 Å². The zero-order chi connectivity index (χ0) is 27.1. The van der Waals surface area contributed by atoms with Crippen LogP contribution in [0.4, 0.5) is 19.4 Å². The predicted octanol–water partition coefficient (Wildman–Crippen LogP) is 3.63. The summed E-state index contributed by atoms with van der Waals surface area (Å²) in [6, 6.07) is 12.5. The number of nitrogens with zero attached hydrogens (tertiary/aromatic N) is 3. The standard InChI is InChI=1S/C27H33F2N5O4/c1-33-26(15-24(32-33)18-4-7-20(8-5-18)38-13-12-37-3)31-27(35)30-25-17-34(10-11-36-2)16-21(25)19-6-9-22(28)23(29)14-19/h4-9,14-15,21,25H,10-13,16-17H2,1-3H3,(H2,30,31,35). The summed E-state index contributed by atoms with van der Waals surface area (Å²) >= 11 is 0. The maximum absolute atomic E-state index is 14.0. The zero-order valence-corrected chi connectivity index (χ0v) is 21.7. The highest BCUT2D eigenvalue weighted by Crippen LogP contribution is 2.29. The van der Waals surface area contributed by atoms with Gasteiger partial charge in [-0.3, -0.25) is 14.9 Å². The Kier molecular flexibility index (Phi) is 9.27. The van der Waals surface area contributed by atoms with Gasteiger partial charge >= 0.3 is 6.03 Å². The quantitative estimate of drug-likeness (QED) is 0.369. The summed E-state index contributed by atoms with van der Waals surface area (Å²) in [5.74, 6) is -0.773. The molecule has 2 heterocycles. The minimum atomic E-state index is -0.905. The number of hydrogen-bond donors (Lipinski definition) is 2. The first-order valence-corrected chi connectivity index (χ1v) is 12.4. The third-order valence-electron chi connectivity index (χ3n) is 6.52. The number of anilines is 1. The largest absolute Gasteiger partial charge is 0.491 e. The Morgan fingerprint density at radius 1 is 1.00 bits per heavy atom. The number of amides is 2. The normalized spacial score (nSPS) is 17.5. The van der Waals surface area contributed by atoms with Crippen LogP contribution in [0, 0.1) is 11.6 Å². The lowest BCUT2D eigenvalue weighted by Crippen LogP contribution is -2.42. The molecule has 2 aromatic carbocycles. The number of halogens is 2. The third-order valence-corrected chi connectivity index (χ3v) is 6.52. The van der Waals surface area contributed by atoms with Gasteiger partial charge in [-0.15, -0.1) is 0 Å². The van der Waals surface area contributed by atoms with Gasteiger partial charge in [0.2, 0.25) is 0 Å². The molecule has 0 bridgehead atoms. The van der Waals surface area contributed by atoms with Crippen LogP contribution in [-0.4, -0.2) is 80.4 Å². The van der Waals surface area contributed by atoms with Gasteiger partial charge in [0.15, 0.2) is 11.6 Å². The molecule has 0 spiro atoms. The molecule has 1 aliphatic heterocycles. The van der Waals surface area contributed by atoms with Crippen LogP contribution in [0.15, 0.2) is 48.5 Å². The van der Waals surface area contributed by atoms with Crippen LogP contribution < -0.4 is 15.4 Å². The van der Waals surface area contributed by atoms with Gasteiger partial charge in [-0.05, 0) is 42.0 Å². The van der Waals surface area contributed by atoms with Crippen molar-refractivity contribution in [2.24, 2.45) is 7.05 Å². The number of rotatable bonds is 11. The molecular weight excluding hydrogens is 496 g/mol. The Bertz CT molecular complexity index is 1220. The van der Waals surface area contributed by atoms with Crippen molar-refractivity contribution in [2.45, 2.75) is 12.0 Å². The minimum Gasteiger partial charge on any atom is -0.491 e. The molecule has 38 heavy (non-hydrogen) atoms. The number of benzene rings is 2. The Labute approximate surface area is 220 Å². The van der Waals surface area contributed by atoms with Crippen molar-refractivity contribution in [3.8, 4) is 17.0 Å². The van der Waals surface area contributed by atoms with Crippen LogP contribution >= 0.6 is 0 Å². The summed E-state index contributed by atoms with van der Waals surface area (Å²) in [4.78, 5) is 15.1. The average Bonchev–Trinajstić information content (AvgIpc) is 3.47. The lowest BCUT2D eigenvalue weighted by atomic mass is 9.94. The molecule has 0 aliphatic carbocycles. The molecule has 2 unspecified atom stereocenters. The fraction of sp³-hybridized carbons (Fsp3) is 0.407. The Hall–Kier alpha value is -3.54. The molecule has 4 rings (SSSR count). The Morgan fingerprint density at radius 2 is 1.76 bits per heavy atom. The fourth-order valence-electron chi connectivity index (χ4n) is 4.53. The van der Waals surface area contributed by atoms with Crippen molar-refractivity contribution in [1.29, 1.82) is 0 Å². The van der Waals surface area contributed by atoms with Gasteiger partial charge in [-0.2, -0.15) is 5.10 Å². The van der Waals surface area contributed by atoms with E-state index in [0.717, 1.165) is 17.4 Å². The molecule has 2 atom stereocenters. The first-order valence-electron chi connectivity index (χ1n) is 12.4. The lowest BCUT2D eigenvalue weighted by Gasteiger charge is -2.20. The number of urea groups is 1. The number of carbonyl (C=O) groups is 1. The van der Waals surface area contributed by atoms with Crippen molar-refractivity contribution in [3.05, 3.63) is 65.7 Å². The lowest BCUT2D eigenvalue weighted by molar-refractivity contribution is 0.146. The first kappa shape index (κ1) is 27.5. The van der Waals surface area contributed by atoms with E-state index < -0.39 is 17.7 Å². The number of likely N-dealkylation sites (tertiary alicyclic amines) is 1. The van der Waals surface area contributed by atoms with Gasteiger partial charge in [-0.1, -0.05) is 6.07 Å². The Balaban J connectivity index is 1.42. The van der Waals surface area contributed by atoms with E-state index in [2.05, 4.69) is 20.6 Å². The van der Waals surface area contributed by atoms with E-state index in [4.69, 9.17) is 14.2 Å². The number of ether oxygens (including phenoxy) is 3. The van der Waals surface area contributed by atoms with Crippen LogP contribution in [0.1, 0.15) is 11.5 Å². The number of methoxy groups -OCH3 is 2. The highest BCUT2D eigenvalue weighted by molar-refractivity contribution is 5.89. The van der Waals surface area contributed by atoms with Crippen LogP contribution in [-0.2, 0) is 16.5 Å². The van der Waals surface area contributed by atoms with Gasteiger partial charge in [0.25, 0.3) is 0 Å². The number of hydrogen-bond acceptors (Lipinski definition) is 6. The van der Waals surface area contributed by atoms with Crippen molar-refractivity contribution >= 4 is 11.8 Å². The molecule has 204 valence electrons. The number of aromatic nitrogens is 2. The first-order chi connectivity index (χ1) is 18.4. The molecule has 3 aromatic rings. The summed E-state index contributed by atoms with van der Waals surface area (Å²) in [5.41, 5.74) is 2.19. The summed E-state index contributed by atoms with van der Waals surface area (Å²) in [7, 11) is 4.99. The van der Waals surface area contributed by atoms with Gasteiger partial charge in [-0.25, -0.2) is 13.6 Å². The summed E-state index contributed by atoms with van der Waals surface area (Å²) in [5, 5.41) is 10.4. The molecule has 11 heteroatoms. The van der Waals surface area contributed by atoms with Gasteiger partial charge in [0.05, 0.1) is 24.9 Å². The van der Waals surface area contributed by atoms with Gasteiger partial charge < -0.3 is 19.5 Å². The molecule has 1 aromatic heterocycles. The summed E-state index contributed by atoms with van der Waals surface area (Å²) in [6.45, 7) is 3.30. The molecule has 0 radical (unpaired) electrons. The van der Waals surface area contributed by atoms with E-state index in [-0.39, 0.29) is 12.0 Å². The van der Waals surface area contributed by atoms with E-state index >= 15 is 0 Å². The van der Waals surface area contributed by atoms with Crippen LogP contribution in [0.5, 0.6) is 5.75 Å². The fourth-order valence-corrected chi connectivity index (χ4v) is 4.53. The minimum absolute atomic E-state index is 0.209. The molecule has 9 nitrogen and oxygen atoms in total. The summed E-state index contributed by atoms with van der Waals surface area (Å²) < 4.78 is 44.8. The molecular formula is C27H33F2N5O4. The maximum Gasteiger partial charge on any atom is 0.320 e. The molecule has 1 aliphatic rings. The molecule has 2 N–H and O–H groups in total. The highest BCUT2D eigenvalue weighted by atomic mass is 19.2. The predicted molar refractivity (Wildman–Crippen MR) is 139 cm³/mol. The number of aryl methyl sites for hydroxylation is 1. The zero-order valence-electron chi connectivity index (χ0n) is 21.7. The Morgan fingerprint density at radius 3 is 2.47 bits per heavy atom. The molecule has 2 amide bonds. The van der Waals surface area contributed by atoms with Crippen molar-refractivity contribution < 1.29 is 27.8 Å². The smallest absolute Gasteiger partial charge is 0.320 e. The maximum atomic E-state index is 14.0. The van der Waals surface area contributed by atoms with E-state index in [1.54, 1.807) is 38.1 Å². The van der Waals surface area contributed by atoms with Crippen molar-refractivity contribution in [2.75, 3.05) is 59.0 Å². The van der Waals surface area contributed by atoms with E-state index in [9.17, 15) is 13.6 Å². The van der Waals surface area contributed by atoms with Gasteiger partial charge in [0.1, 0.15) is 18.2 Å². The second kappa shape index (κ2) is 12.8. The summed E-state index contributed by atoms with van der Waals surface area (Å²) in [6.07, 6.45) is 0. The van der Waals surface area contributed by atoms with Crippen molar-refractivity contribution in [1.82, 2.24) is 20.0 Å². The highest BCUT2D eigenvalue weighted by Gasteiger charge is 2.35. The van der Waals surface area contributed by atoms with E-state index in [1.807, 2.05) is 24.3 Å². The number of carbonyl (C=O) groups excluding carboxylic acids is 1. The van der Waals surface area contributed by atoms with Crippen LogP contribution in [0.2, 0.25) is 0 Å². The number of nitrogens with one attached hydrogen (secondary N) is 2. The molecule has 1 fully saturated rings. The second-order valence-corrected chi connectivity index (χ2v) is 9.14. The van der Waals surface area contributed by atoms with Gasteiger partial charge in [0, 0.05) is 58.4 Å². The van der Waals surface area contributed by atoms with E-state index in [1.165, 1.54) is 6.07 Å². The third kappa shape index (κ3) is 6.85. The SMILES string of the molecule is COCCOc1ccc(-c2cc(NC(=O)NC3CN(CCOC)CC3c3ccc(F)c(F)c3)n(C)n2)cc1. The average molecular weight is 530 g/mol. The van der Waals surface area contributed by atoms with Crippen LogP contribution in [0.25, 0.3) is 11.3 Å².